The van der Waals surface area contributed by atoms with Crippen LogP contribution in [0.2, 0.25) is 5.02 Å². The fourth-order valence-electron chi connectivity index (χ4n) is 1.72. The van der Waals surface area contributed by atoms with E-state index >= 15 is 0 Å². The highest BCUT2D eigenvalue weighted by atomic mass is 35.5. The Kier molecular flexibility index (Phi) is 6.55. The van der Waals surface area contributed by atoms with E-state index in [1.165, 1.54) is 12.1 Å². The highest BCUT2D eigenvalue weighted by Crippen LogP contribution is 2.46. The number of hydrogen-bond acceptors (Lipinski definition) is 2. The van der Waals surface area contributed by atoms with Crippen LogP contribution in [-0.2, 0) is 10.1 Å². The van der Waals surface area contributed by atoms with Crippen molar-refractivity contribution in [3.8, 4) is 11.8 Å². The van der Waals surface area contributed by atoms with Gasteiger partial charge in [-0.1, -0.05) is 37.3 Å². The molecular weight excluding hydrogens is 334 g/mol. The van der Waals surface area contributed by atoms with Crippen molar-refractivity contribution < 1.29 is 17.7 Å². The van der Waals surface area contributed by atoms with Gasteiger partial charge in [0.25, 0.3) is 5.60 Å². The fraction of sp³-hybridized carbons (Fsp3) is 0.467. The Balaban J connectivity index is 0.00000116. The van der Waals surface area contributed by atoms with Crippen LogP contribution in [-0.4, -0.2) is 6.18 Å². The molecule has 2 unspecified atom stereocenters. The molecule has 1 aromatic carbocycles. The maximum absolute atomic E-state index is 13.5. The third-order valence-corrected chi connectivity index (χ3v) is 3.59. The number of nitrogen functional groups attached to an aromatic ring is 1. The molecule has 1 fully saturated rings. The molecule has 0 aliphatic heterocycles. The van der Waals surface area contributed by atoms with E-state index in [0.717, 1.165) is 18.9 Å². The molecule has 2 atom stereocenters. The molecular formula is C15H18ClF3NOP. The Morgan fingerprint density at radius 3 is 2.36 bits per heavy atom. The molecule has 1 aliphatic rings. The average molecular weight is 352 g/mol. The van der Waals surface area contributed by atoms with Crippen molar-refractivity contribution in [2.75, 3.05) is 5.73 Å². The fourth-order valence-corrected chi connectivity index (χ4v) is 2.21. The molecule has 2 rings (SSSR count). The molecule has 1 saturated carbocycles. The van der Waals surface area contributed by atoms with E-state index in [-0.39, 0.29) is 22.2 Å². The topological polar surface area (TPSA) is 35.2 Å². The van der Waals surface area contributed by atoms with Crippen LogP contribution in [0.4, 0.5) is 18.9 Å². The lowest BCUT2D eigenvalue weighted by molar-refractivity contribution is -0.226. The first kappa shape index (κ1) is 19.1. The van der Waals surface area contributed by atoms with Crippen molar-refractivity contribution in [3.05, 3.63) is 28.8 Å². The van der Waals surface area contributed by atoms with Gasteiger partial charge in [-0.05, 0) is 31.0 Å². The maximum atomic E-state index is 13.5. The molecule has 0 heterocycles. The minimum Gasteiger partial charge on any atom is -0.398 e. The van der Waals surface area contributed by atoms with Gasteiger partial charge in [-0.2, -0.15) is 13.2 Å². The van der Waals surface area contributed by atoms with Gasteiger partial charge in [0.1, 0.15) is 0 Å². The van der Waals surface area contributed by atoms with Gasteiger partial charge in [0.05, 0.1) is 0 Å². The molecule has 0 spiro atoms. The Hall–Kier alpha value is -0.950. The summed E-state index contributed by atoms with van der Waals surface area (Å²) in [6, 6.07) is 3.86. The standard InChI is InChI=1S/C13H12ClF3NOP.C2H6/c14-9-3-4-11(18)10(7-9)12(19-20,13(15,16)17)6-5-8-1-2-8;1-2/h3-4,7-8H,1-2,18,20H2;1-2H3. The minimum atomic E-state index is -4.74. The quantitative estimate of drug-likeness (QED) is 0.466. The lowest BCUT2D eigenvalue weighted by Crippen LogP contribution is -2.42. The van der Waals surface area contributed by atoms with Crippen molar-refractivity contribution in [2.45, 2.75) is 38.5 Å². The van der Waals surface area contributed by atoms with E-state index < -0.39 is 11.8 Å². The number of halogens is 4. The second-order valence-corrected chi connectivity index (χ2v) is 5.24. The first-order chi connectivity index (χ1) is 10.3. The predicted octanol–water partition coefficient (Wildman–Crippen LogP) is 4.93. The van der Waals surface area contributed by atoms with Crippen LogP contribution in [0.15, 0.2) is 18.2 Å². The first-order valence-corrected chi connectivity index (χ1v) is 7.68. The Bertz CT molecular complexity index is 578. The van der Waals surface area contributed by atoms with Crippen LogP contribution in [0.3, 0.4) is 0 Å². The molecule has 2 nitrogen and oxygen atoms in total. The Labute approximate surface area is 135 Å². The molecule has 122 valence electrons. The maximum Gasteiger partial charge on any atom is 0.433 e. The lowest BCUT2D eigenvalue weighted by Gasteiger charge is -2.30. The molecule has 1 aromatic rings. The molecule has 0 bridgehead atoms. The number of hydrogen-bond donors (Lipinski definition) is 1. The largest absolute Gasteiger partial charge is 0.433 e. The Morgan fingerprint density at radius 2 is 1.91 bits per heavy atom. The van der Waals surface area contributed by atoms with Crippen molar-refractivity contribution in [1.82, 2.24) is 0 Å². The molecule has 0 saturated heterocycles. The lowest BCUT2D eigenvalue weighted by atomic mass is 9.92. The van der Waals surface area contributed by atoms with Gasteiger partial charge >= 0.3 is 6.18 Å². The molecule has 0 radical (unpaired) electrons. The van der Waals surface area contributed by atoms with Crippen molar-refractivity contribution in [3.63, 3.8) is 0 Å². The van der Waals surface area contributed by atoms with Crippen molar-refractivity contribution in [1.29, 1.82) is 0 Å². The minimum absolute atomic E-state index is 0.00252. The van der Waals surface area contributed by atoms with Gasteiger partial charge in [-0.25, -0.2) is 0 Å². The molecule has 22 heavy (non-hydrogen) atoms. The third-order valence-electron chi connectivity index (χ3n) is 3.00. The van der Waals surface area contributed by atoms with E-state index in [4.69, 9.17) is 17.3 Å². The zero-order valence-corrected chi connectivity index (χ0v) is 14.2. The number of anilines is 1. The van der Waals surface area contributed by atoms with Crippen LogP contribution >= 0.6 is 21.1 Å². The monoisotopic (exact) mass is 351 g/mol. The smallest absolute Gasteiger partial charge is 0.398 e. The first-order valence-electron chi connectivity index (χ1n) is 6.83. The third kappa shape index (κ3) is 4.07. The summed E-state index contributed by atoms with van der Waals surface area (Å²) in [5.74, 6) is 4.80. The molecule has 0 amide bonds. The summed E-state index contributed by atoms with van der Waals surface area (Å²) in [5.41, 5.74) is 2.51. The second-order valence-electron chi connectivity index (χ2n) is 4.57. The average Bonchev–Trinajstić information content (AvgIpc) is 3.28. The number of alkyl halides is 3. The summed E-state index contributed by atoms with van der Waals surface area (Å²) in [4.78, 5) is 0. The number of nitrogens with two attached hydrogens (primary N) is 1. The molecule has 0 aromatic heterocycles. The van der Waals surface area contributed by atoms with Crippen LogP contribution in [0.5, 0.6) is 0 Å². The van der Waals surface area contributed by atoms with Crippen LogP contribution < -0.4 is 5.73 Å². The summed E-state index contributed by atoms with van der Waals surface area (Å²) in [6.07, 6.45) is -3.12. The normalized spacial score (nSPS) is 16.7. The van der Waals surface area contributed by atoms with Gasteiger partial charge in [-0.3, -0.25) is 0 Å². The van der Waals surface area contributed by atoms with Crippen LogP contribution in [0.1, 0.15) is 32.3 Å². The molecule has 1 aliphatic carbocycles. The van der Waals surface area contributed by atoms with Gasteiger partial charge < -0.3 is 10.3 Å². The van der Waals surface area contributed by atoms with E-state index in [0.29, 0.717) is 0 Å². The van der Waals surface area contributed by atoms with Gasteiger partial charge in [0.15, 0.2) is 0 Å². The summed E-state index contributed by atoms with van der Waals surface area (Å²) >= 11 is 5.77. The van der Waals surface area contributed by atoms with Crippen molar-refractivity contribution in [2.24, 2.45) is 5.92 Å². The zero-order chi connectivity index (χ0) is 17.0. The van der Waals surface area contributed by atoms with Gasteiger partial charge in [0, 0.05) is 31.7 Å². The summed E-state index contributed by atoms with van der Waals surface area (Å²) in [5, 5.41) is 0.137. The van der Waals surface area contributed by atoms with Gasteiger partial charge in [-0.15, -0.1) is 0 Å². The Morgan fingerprint density at radius 1 is 1.32 bits per heavy atom. The van der Waals surface area contributed by atoms with Crippen LogP contribution in [0.25, 0.3) is 0 Å². The number of rotatable bonds is 2. The zero-order valence-electron chi connectivity index (χ0n) is 12.3. The van der Waals surface area contributed by atoms with Crippen LogP contribution in [0, 0.1) is 17.8 Å². The van der Waals surface area contributed by atoms with Gasteiger partial charge in [0.2, 0.25) is 0 Å². The summed E-state index contributed by atoms with van der Waals surface area (Å²) in [6.45, 7) is 4.00. The highest BCUT2D eigenvalue weighted by Gasteiger charge is 2.57. The SMILES string of the molecule is CC.Nc1ccc(Cl)cc1C(C#CC1CC1)(OP)C(F)(F)F. The van der Waals surface area contributed by atoms with Crippen molar-refractivity contribution >= 4 is 26.8 Å². The van der Waals surface area contributed by atoms with E-state index in [2.05, 4.69) is 16.4 Å². The molecule has 2 N–H and O–H groups in total. The molecule has 7 heteroatoms. The summed E-state index contributed by atoms with van der Waals surface area (Å²) < 4.78 is 45.2. The van der Waals surface area contributed by atoms with E-state index in [1.807, 2.05) is 13.8 Å². The summed E-state index contributed by atoms with van der Waals surface area (Å²) in [7, 11) is 1.63. The second kappa shape index (κ2) is 7.55. The van der Waals surface area contributed by atoms with E-state index in [9.17, 15) is 13.2 Å². The predicted molar refractivity (Wildman–Crippen MR) is 86.2 cm³/mol. The highest BCUT2D eigenvalue weighted by molar-refractivity contribution is 7.09. The number of benzene rings is 1. The van der Waals surface area contributed by atoms with E-state index in [1.54, 1.807) is 9.47 Å².